The Morgan fingerprint density at radius 1 is 1.36 bits per heavy atom. The number of aromatic nitrogens is 2. The third-order valence-electron chi connectivity index (χ3n) is 3.48. The van der Waals surface area contributed by atoms with Gasteiger partial charge in [-0.15, -0.1) is 0 Å². The minimum absolute atomic E-state index is 0.146. The Balaban J connectivity index is 2.10. The molecule has 0 bridgehead atoms. The maximum absolute atomic E-state index is 11.4. The number of imidazole rings is 1. The molecule has 22 heavy (non-hydrogen) atoms. The maximum Gasteiger partial charge on any atom is 0.206 e. The Morgan fingerprint density at radius 3 is 2.86 bits per heavy atom. The number of rotatable bonds is 4. The standard InChI is InChI=1S/C16H17N3O3/c1-3-22-15-7-6-12(9-14(15)19(20)21)13-10-18-8-4-5-11(2)16(18)17-13/h4-10,19-20H,3H2,1-2H3. The van der Waals surface area contributed by atoms with E-state index < -0.39 is 5.23 Å². The highest BCUT2D eigenvalue weighted by Crippen LogP contribution is 2.28. The first-order chi connectivity index (χ1) is 10.6. The van der Waals surface area contributed by atoms with Crippen molar-refractivity contribution in [2.24, 2.45) is 0 Å². The van der Waals surface area contributed by atoms with E-state index in [-0.39, 0.29) is 5.69 Å². The fourth-order valence-electron chi connectivity index (χ4n) is 2.43. The van der Waals surface area contributed by atoms with Gasteiger partial charge in [-0.3, -0.25) is 0 Å². The van der Waals surface area contributed by atoms with Crippen LogP contribution in [0.1, 0.15) is 12.5 Å². The van der Waals surface area contributed by atoms with Gasteiger partial charge in [-0.25, -0.2) is 10.2 Å². The van der Waals surface area contributed by atoms with Crippen molar-refractivity contribution in [3.05, 3.63) is 53.5 Å². The van der Waals surface area contributed by atoms with Gasteiger partial charge in [-0.05, 0) is 37.6 Å². The molecule has 2 heterocycles. The molecule has 0 aliphatic rings. The predicted molar refractivity (Wildman–Crippen MR) is 82.3 cm³/mol. The predicted octanol–water partition coefficient (Wildman–Crippen LogP) is 2.11. The highest BCUT2D eigenvalue weighted by molar-refractivity contribution is 5.68. The highest BCUT2D eigenvalue weighted by Gasteiger charge is 2.14. The topological polar surface area (TPSA) is 74.3 Å². The van der Waals surface area contributed by atoms with Gasteiger partial charge in [0.25, 0.3) is 0 Å². The van der Waals surface area contributed by atoms with Crippen molar-refractivity contribution >= 4 is 11.3 Å². The van der Waals surface area contributed by atoms with Gasteiger partial charge in [0.1, 0.15) is 5.65 Å². The molecule has 0 amide bonds. The van der Waals surface area contributed by atoms with Crippen molar-refractivity contribution in [1.29, 1.82) is 0 Å². The molecular formula is C16H17N3O3. The monoisotopic (exact) mass is 299 g/mol. The molecule has 6 heteroatoms. The zero-order valence-electron chi connectivity index (χ0n) is 12.4. The van der Waals surface area contributed by atoms with Crippen LogP contribution >= 0.6 is 0 Å². The molecule has 3 rings (SSSR count). The fourth-order valence-corrected chi connectivity index (χ4v) is 2.43. The van der Waals surface area contributed by atoms with Crippen LogP contribution in [-0.2, 0) is 0 Å². The molecule has 0 aliphatic heterocycles. The second-order valence-corrected chi connectivity index (χ2v) is 5.00. The van der Waals surface area contributed by atoms with Crippen LogP contribution in [0.2, 0.25) is 0 Å². The van der Waals surface area contributed by atoms with Gasteiger partial charge >= 0.3 is 0 Å². The number of ether oxygens (including phenoxy) is 1. The zero-order valence-corrected chi connectivity index (χ0v) is 12.4. The third-order valence-corrected chi connectivity index (χ3v) is 3.48. The number of nitrogens with one attached hydrogen (secondary N) is 1. The zero-order chi connectivity index (χ0) is 15.7. The molecule has 114 valence electrons. The summed E-state index contributed by atoms with van der Waals surface area (Å²) in [5, 5.41) is 19.7. The van der Waals surface area contributed by atoms with Crippen LogP contribution in [-0.4, -0.2) is 21.2 Å². The first-order valence-corrected chi connectivity index (χ1v) is 7.05. The molecule has 0 radical (unpaired) electrons. The van der Waals surface area contributed by atoms with Gasteiger partial charge in [0, 0.05) is 24.0 Å². The minimum atomic E-state index is -1.01. The molecule has 0 saturated heterocycles. The molecule has 1 atom stereocenters. The first-order valence-electron chi connectivity index (χ1n) is 7.05. The number of pyridine rings is 1. The maximum atomic E-state index is 11.4. The van der Waals surface area contributed by atoms with Gasteiger partial charge in [-0.2, -0.15) is 5.23 Å². The van der Waals surface area contributed by atoms with Crippen LogP contribution in [0.3, 0.4) is 0 Å². The molecule has 6 nitrogen and oxygen atoms in total. The summed E-state index contributed by atoms with van der Waals surface area (Å²) in [6.45, 7) is 4.24. The molecule has 2 aromatic heterocycles. The lowest BCUT2D eigenvalue weighted by Gasteiger charge is -2.16. The molecule has 1 unspecified atom stereocenters. The number of hydrogen-bond donors (Lipinski definition) is 2. The molecule has 0 fully saturated rings. The Morgan fingerprint density at radius 2 is 2.18 bits per heavy atom. The Bertz CT molecular complexity index is 812. The lowest BCUT2D eigenvalue weighted by molar-refractivity contribution is -0.991. The van der Waals surface area contributed by atoms with E-state index in [4.69, 9.17) is 4.74 Å². The van der Waals surface area contributed by atoms with E-state index in [1.807, 2.05) is 48.8 Å². The van der Waals surface area contributed by atoms with Crippen LogP contribution in [0.5, 0.6) is 5.75 Å². The molecule has 2 N–H and O–H groups in total. The Kier molecular flexibility index (Phi) is 3.81. The Hall–Kier alpha value is -2.41. The number of nitrogens with zero attached hydrogens (tertiary/aromatic N) is 2. The average Bonchev–Trinajstić information content (AvgIpc) is 2.93. The van der Waals surface area contributed by atoms with Gasteiger partial charge in [0.15, 0.2) is 5.75 Å². The second kappa shape index (κ2) is 5.76. The molecular weight excluding hydrogens is 282 g/mol. The molecule has 3 aromatic rings. The number of quaternary nitrogens is 1. The fraction of sp³-hybridized carbons (Fsp3) is 0.188. The van der Waals surface area contributed by atoms with E-state index in [0.717, 1.165) is 22.5 Å². The van der Waals surface area contributed by atoms with Crippen LogP contribution < -0.4 is 9.96 Å². The quantitative estimate of drug-likeness (QED) is 0.724. The van der Waals surface area contributed by atoms with E-state index >= 15 is 0 Å². The number of benzene rings is 1. The number of aryl methyl sites for hydroxylation is 1. The van der Waals surface area contributed by atoms with E-state index in [9.17, 15) is 10.4 Å². The molecule has 1 aromatic carbocycles. The van der Waals surface area contributed by atoms with E-state index in [2.05, 4.69) is 4.98 Å². The van der Waals surface area contributed by atoms with Gasteiger partial charge < -0.3 is 14.3 Å². The van der Waals surface area contributed by atoms with Crippen molar-refractivity contribution in [1.82, 2.24) is 9.38 Å². The second-order valence-electron chi connectivity index (χ2n) is 5.00. The lowest BCUT2D eigenvalue weighted by atomic mass is 10.1. The van der Waals surface area contributed by atoms with E-state index in [1.54, 1.807) is 12.1 Å². The molecule has 0 saturated carbocycles. The third kappa shape index (κ3) is 2.55. The van der Waals surface area contributed by atoms with Crippen LogP contribution in [0.15, 0.2) is 42.7 Å². The van der Waals surface area contributed by atoms with E-state index in [1.165, 1.54) is 0 Å². The van der Waals surface area contributed by atoms with Crippen molar-refractivity contribution in [3.8, 4) is 17.0 Å². The summed E-state index contributed by atoms with van der Waals surface area (Å²) in [6.07, 6.45) is 3.81. The van der Waals surface area contributed by atoms with Crippen molar-refractivity contribution in [2.75, 3.05) is 6.61 Å². The van der Waals surface area contributed by atoms with Crippen molar-refractivity contribution in [2.45, 2.75) is 13.8 Å². The summed E-state index contributed by atoms with van der Waals surface area (Å²) in [5.74, 6) is 0.374. The van der Waals surface area contributed by atoms with Gasteiger partial charge in [-0.1, -0.05) is 6.07 Å². The van der Waals surface area contributed by atoms with Gasteiger partial charge in [0.05, 0.1) is 12.3 Å². The van der Waals surface area contributed by atoms with Crippen LogP contribution in [0.25, 0.3) is 16.9 Å². The lowest BCUT2D eigenvalue weighted by Crippen LogP contribution is -2.99. The summed E-state index contributed by atoms with van der Waals surface area (Å²) in [7, 11) is 0. The molecule has 0 aliphatic carbocycles. The van der Waals surface area contributed by atoms with E-state index in [0.29, 0.717) is 12.4 Å². The Labute approximate surface area is 127 Å². The largest absolute Gasteiger partial charge is 0.595 e. The smallest absolute Gasteiger partial charge is 0.206 e. The minimum Gasteiger partial charge on any atom is -0.595 e. The summed E-state index contributed by atoms with van der Waals surface area (Å²) < 4.78 is 7.29. The number of fused-ring (bicyclic) bond motifs is 1. The van der Waals surface area contributed by atoms with Gasteiger partial charge in [0.2, 0.25) is 5.69 Å². The number of hydrogen-bond acceptors (Lipinski definition) is 4. The summed E-state index contributed by atoms with van der Waals surface area (Å²) in [5.41, 5.74) is 3.57. The van der Waals surface area contributed by atoms with Crippen LogP contribution in [0, 0.1) is 12.1 Å². The summed E-state index contributed by atoms with van der Waals surface area (Å²) in [4.78, 5) is 4.59. The van der Waals surface area contributed by atoms with Crippen LogP contribution in [0.4, 0.5) is 5.69 Å². The first kappa shape index (κ1) is 14.5. The van der Waals surface area contributed by atoms with Crippen molar-refractivity contribution < 1.29 is 15.2 Å². The molecule has 0 spiro atoms. The average molecular weight is 299 g/mol. The SMILES string of the molecule is CCOc1ccc(-c2cn3cccc(C)c3n2)cc1[NH+]([O-])O. The summed E-state index contributed by atoms with van der Waals surface area (Å²) in [6, 6.07) is 9.06. The normalized spacial score (nSPS) is 12.5. The summed E-state index contributed by atoms with van der Waals surface area (Å²) >= 11 is 0. The van der Waals surface area contributed by atoms with Crippen molar-refractivity contribution in [3.63, 3.8) is 0 Å². The highest BCUT2D eigenvalue weighted by atomic mass is 16.8.